The Hall–Kier alpha value is -3.62. The summed E-state index contributed by atoms with van der Waals surface area (Å²) in [5.41, 5.74) is 2.08. The fourth-order valence-corrected chi connectivity index (χ4v) is 5.00. The summed E-state index contributed by atoms with van der Waals surface area (Å²) in [6.45, 7) is 12.8. The van der Waals surface area contributed by atoms with Crippen LogP contribution in [-0.4, -0.2) is 79.2 Å². The quantitative estimate of drug-likeness (QED) is 0.186. The summed E-state index contributed by atoms with van der Waals surface area (Å²) in [5.74, 6) is -0.110. The van der Waals surface area contributed by atoms with E-state index in [1.54, 1.807) is 35.2 Å². The Morgan fingerprint density at radius 3 is 2.46 bits per heavy atom. The van der Waals surface area contributed by atoms with Gasteiger partial charge in [0.1, 0.15) is 23.9 Å². The smallest absolute Gasteiger partial charge is 0.295 e. The topological polar surface area (TPSA) is 88.5 Å². The predicted molar refractivity (Wildman–Crippen MR) is 150 cm³/mol. The Labute approximate surface area is 230 Å². The number of Topliss-reactive ketones (excluding diaryl/α,β-unsaturated/α-hetero) is 1. The van der Waals surface area contributed by atoms with E-state index in [2.05, 4.69) is 11.5 Å². The zero-order valence-electron chi connectivity index (χ0n) is 22.9. The number of aryl methyl sites for hydroxylation is 1. The summed E-state index contributed by atoms with van der Waals surface area (Å²) >= 11 is 0. The van der Waals surface area contributed by atoms with Gasteiger partial charge >= 0.3 is 0 Å². The first-order valence-corrected chi connectivity index (χ1v) is 13.6. The number of nitrogens with zero attached hydrogens (tertiary/aromatic N) is 2. The number of ketones is 1. The van der Waals surface area contributed by atoms with Crippen LogP contribution in [-0.2, 0) is 14.3 Å². The Morgan fingerprint density at radius 2 is 1.79 bits per heavy atom. The van der Waals surface area contributed by atoms with Crippen molar-refractivity contribution in [1.82, 2.24) is 9.80 Å². The van der Waals surface area contributed by atoms with E-state index in [0.717, 1.165) is 37.2 Å². The normalized spacial score (nSPS) is 19.3. The Balaban J connectivity index is 1.67. The first-order valence-electron chi connectivity index (χ1n) is 13.6. The van der Waals surface area contributed by atoms with Crippen molar-refractivity contribution < 1.29 is 28.9 Å². The van der Waals surface area contributed by atoms with Crippen LogP contribution in [0.2, 0.25) is 0 Å². The number of rotatable bonds is 12. The van der Waals surface area contributed by atoms with E-state index in [4.69, 9.17) is 14.2 Å². The number of carbonyl (C=O) groups excluding carboxylic acids is 2. The molecule has 4 rings (SSSR count). The van der Waals surface area contributed by atoms with Gasteiger partial charge in [0.2, 0.25) is 0 Å². The molecule has 2 heterocycles. The minimum absolute atomic E-state index is 0.0939. The van der Waals surface area contributed by atoms with E-state index in [1.165, 1.54) is 0 Å². The van der Waals surface area contributed by atoms with Crippen LogP contribution in [0.3, 0.4) is 0 Å². The maximum absolute atomic E-state index is 13.4. The predicted octanol–water partition coefficient (Wildman–Crippen LogP) is 4.49. The Bertz CT molecular complexity index is 1200. The van der Waals surface area contributed by atoms with Crippen molar-refractivity contribution in [2.24, 2.45) is 0 Å². The molecule has 2 saturated heterocycles. The molecule has 2 aromatic rings. The van der Waals surface area contributed by atoms with Gasteiger partial charge < -0.3 is 24.2 Å². The minimum Gasteiger partial charge on any atom is -0.507 e. The van der Waals surface area contributed by atoms with E-state index in [1.807, 2.05) is 32.0 Å². The van der Waals surface area contributed by atoms with E-state index >= 15 is 0 Å². The molecule has 2 aliphatic heterocycles. The third-order valence-electron chi connectivity index (χ3n) is 7.01. The zero-order chi connectivity index (χ0) is 27.8. The second kappa shape index (κ2) is 13.4. The molecule has 0 aliphatic carbocycles. The molecule has 2 aromatic carbocycles. The molecule has 8 heteroatoms. The van der Waals surface area contributed by atoms with Crippen molar-refractivity contribution in [2.75, 3.05) is 52.6 Å². The maximum atomic E-state index is 13.4. The van der Waals surface area contributed by atoms with E-state index in [-0.39, 0.29) is 11.3 Å². The molecule has 1 amide bonds. The van der Waals surface area contributed by atoms with Gasteiger partial charge in [0.15, 0.2) is 0 Å². The summed E-state index contributed by atoms with van der Waals surface area (Å²) in [6, 6.07) is 11.9. The van der Waals surface area contributed by atoms with Gasteiger partial charge in [-0.25, -0.2) is 0 Å². The summed E-state index contributed by atoms with van der Waals surface area (Å²) in [5, 5.41) is 11.5. The third-order valence-corrected chi connectivity index (χ3v) is 7.01. The molecule has 1 atom stereocenters. The first kappa shape index (κ1) is 28.4. The third kappa shape index (κ3) is 6.69. The summed E-state index contributed by atoms with van der Waals surface area (Å²) in [6.07, 6.45) is 3.25. The van der Waals surface area contributed by atoms with Gasteiger partial charge in [0, 0.05) is 31.7 Å². The molecule has 0 aromatic heterocycles. The number of hydrogen-bond acceptors (Lipinski definition) is 7. The first-order chi connectivity index (χ1) is 18.9. The number of aliphatic hydroxyl groups is 1. The fraction of sp³-hybridized carbons (Fsp3) is 0.419. The van der Waals surface area contributed by atoms with Crippen LogP contribution in [0.5, 0.6) is 11.5 Å². The average molecular weight is 535 g/mol. The van der Waals surface area contributed by atoms with Gasteiger partial charge in [-0.05, 0) is 61.2 Å². The Morgan fingerprint density at radius 1 is 1.08 bits per heavy atom. The second-order valence-electron chi connectivity index (χ2n) is 9.79. The van der Waals surface area contributed by atoms with Gasteiger partial charge in [-0.15, -0.1) is 0 Å². The van der Waals surface area contributed by atoms with E-state index in [0.29, 0.717) is 56.5 Å². The molecule has 0 saturated carbocycles. The van der Waals surface area contributed by atoms with Crippen LogP contribution < -0.4 is 9.47 Å². The van der Waals surface area contributed by atoms with Gasteiger partial charge in [-0.2, -0.15) is 0 Å². The minimum atomic E-state index is -0.710. The maximum Gasteiger partial charge on any atom is 0.295 e. The number of benzene rings is 2. The fourth-order valence-electron chi connectivity index (χ4n) is 5.00. The molecular formula is C31H38N2O6. The number of ether oxygens (including phenoxy) is 3. The lowest BCUT2D eigenvalue weighted by Crippen LogP contribution is -2.38. The van der Waals surface area contributed by atoms with Crippen molar-refractivity contribution in [3.05, 3.63) is 77.4 Å². The highest BCUT2D eigenvalue weighted by atomic mass is 16.5. The SMILES string of the molecule is C=CCOc1ccc([C@@H]2C(=C(O)c3ccc(OCCC)cc3C)C(=O)C(=O)N2CCCN2CCOCC2)cc1. The molecule has 0 unspecified atom stereocenters. The molecule has 208 valence electrons. The summed E-state index contributed by atoms with van der Waals surface area (Å²) in [7, 11) is 0. The van der Waals surface area contributed by atoms with E-state index in [9.17, 15) is 14.7 Å². The number of aliphatic hydroxyl groups excluding tert-OH is 1. The van der Waals surface area contributed by atoms with Crippen LogP contribution >= 0.6 is 0 Å². The average Bonchev–Trinajstić information content (AvgIpc) is 3.20. The molecule has 2 aliphatic rings. The number of amides is 1. The van der Waals surface area contributed by atoms with Crippen LogP contribution in [0.15, 0.2) is 60.7 Å². The lowest BCUT2D eigenvalue weighted by Gasteiger charge is -2.29. The molecule has 8 nitrogen and oxygen atoms in total. The zero-order valence-corrected chi connectivity index (χ0v) is 22.9. The standard InChI is InChI=1S/C31H38N2O6/c1-4-17-38-24-9-7-23(8-10-24)28-27(29(34)26-12-11-25(21-22(26)3)39-18-5-2)30(35)31(36)33(28)14-6-13-32-15-19-37-20-16-32/h4,7-12,21,28,34H,1,5-6,13-20H2,2-3H3/t28-/m1/s1. The van der Waals surface area contributed by atoms with Crippen molar-refractivity contribution in [1.29, 1.82) is 0 Å². The Kier molecular flexibility index (Phi) is 9.79. The summed E-state index contributed by atoms with van der Waals surface area (Å²) in [4.78, 5) is 30.6. The van der Waals surface area contributed by atoms with Crippen LogP contribution in [0, 0.1) is 6.92 Å². The van der Waals surface area contributed by atoms with Crippen LogP contribution in [0.4, 0.5) is 0 Å². The number of morpholine rings is 1. The molecule has 0 radical (unpaired) electrons. The van der Waals surface area contributed by atoms with Gasteiger partial charge in [-0.1, -0.05) is 31.7 Å². The highest BCUT2D eigenvalue weighted by Crippen LogP contribution is 2.40. The van der Waals surface area contributed by atoms with Crippen molar-refractivity contribution in [3.8, 4) is 11.5 Å². The molecule has 0 bridgehead atoms. The molecule has 0 spiro atoms. The van der Waals surface area contributed by atoms with Crippen molar-refractivity contribution >= 4 is 17.4 Å². The number of carbonyl (C=O) groups is 2. The van der Waals surface area contributed by atoms with Gasteiger partial charge in [0.25, 0.3) is 11.7 Å². The van der Waals surface area contributed by atoms with E-state index < -0.39 is 17.7 Å². The molecular weight excluding hydrogens is 496 g/mol. The largest absolute Gasteiger partial charge is 0.507 e. The highest BCUT2D eigenvalue weighted by molar-refractivity contribution is 6.46. The monoisotopic (exact) mass is 534 g/mol. The van der Waals surface area contributed by atoms with Gasteiger partial charge in [0.05, 0.1) is 31.4 Å². The second-order valence-corrected chi connectivity index (χ2v) is 9.79. The van der Waals surface area contributed by atoms with Crippen LogP contribution in [0.1, 0.15) is 42.5 Å². The van der Waals surface area contributed by atoms with Gasteiger partial charge in [-0.3, -0.25) is 14.5 Å². The highest BCUT2D eigenvalue weighted by Gasteiger charge is 2.46. The molecule has 2 fully saturated rings. The lowest BCUT2D eigenvalue weighted by molar-refractivity contribution is -0.140. The lowest BCUT2D eigenvalue weighted by atomic mass is 9.93. The number of hydrogen-bond donors (Lipinski definition) is 1. The number of likely N-dealkylation sites (tertiary alicyclic amines) is 1. The van der Waals surface area contributed by atoms with Crippen molar-refractivity contribution in [2.45, 2.75) is 32.7 Å². The molecule has 39 heavy (non-hydrogen) atoms. The van der Waals surface area contributed by atoms with Crippen molar-refractivity contribution in [3.63, 3.8) is 0 Å². The molecule has 1 N–H and O–H groups in total. The summed E-state index contributed by atoms with van der Waals surface area (Å²) < 4.78 is 16.8. The van der Waals surface area contributed by atoms with Crippen LogP contribution in [0.25, 0.3) is 5.76 Å².